The molecule has 0 saturated heterocycles. The first kappa shape index (κ1) is 10.4. The third-order valence-corrected chi connectivity index (χ3v) is 2.46. The highest BCUT2D eigenvalue weighted by atomic mass is 16.7. The van der Waals surface area contributed by atoms with Gasteiger partial charge >= 0.3 is 0 Å². The standard InChI is InChI=1S/C12H13NO3/c1-8-3-5-9(6-4-8)10-7-11(14)13(16-2)12(10)15/h3-7,14-15H,1-2H3. The molecule has 1 aromatic carbocycles. The second-order valence-electron chi connectivity index (χ2n) is 3.58. The van der Waals surface area contributed by atoms with E-state index in [-0.39, 0.29) is 11.8 Å². The van der Waals surface area contributed by atoms with Crippen LogP contribution < -0.4 is 4.84 Å². The number of hydrogen-bond acceptors (Lipinski definition) is 3. The lowest BCUT2D eigenvalue weighted by molar-refractivity contribution is 0.120. The van der Waals surface area contributed by atoms with Crippen LogP contribution in [0.2, 0.25) is 0 Å². The highest BCUT2D eigenvalue weighted by Crippen LogP contribution is 2.34. The van der Waals surface area contributed by atoms with Crippen molar-refractivity contribution in [1.82, 2.24) is 4.73 Å². The van der Waals surface area contributed by atoms with Gasteiger partial charge in [0.05, 0.1) is 5.56 Å². The van der Waals surface area contributed by atoms with Crippen LogP contribution in [0.5, 0.6) is 11.8 Å². The highest BCUT2D eigenvalue weighted by molar-refractivity contribution is 5.70. The predicted molar refractivity (Wildman–Crippen MR) is 60.4 cm³/mol. The molecule has 1 aromatic heterocycles. The maximum atomic E-state index is 9.81. The molecule has 0 radical (unpaired) electrons. The first-order chi connectivity index (χ1) is 7.63. The Balaban J connectivity index is 2.52. The molecule has 16 heavy (non-hydrogen) atoms. The van der Waals surface area contributed by atoms with E-state index in [4.69, 9.17) is 4.84 Å². The van der Waals surface area contributed by atoms with Crippen molar-refractivity contribution in [2.24, 2.45) is 0 Å². The fraction of sp³-hybridized carbons (Fsp3) is 0.167. The van der Waals surface area contributed by atoms with Crippen molar-refractivity contribution in [2.45, 2.75) is 6.92 Å². The number of nitrogens with zero attached hydrogens (tertiary/aromatic N) is 1. The van der Waals surface area contributed by atoms with Crippen LogP contribution in [0.1, 0.15) is 5.56 Å². The van der Waals surface area contributed by atoms with Gasteiger partial charge in [-0.25, -0.2) is 0 Å². The fourth-order valence-corrected chi connectivity index (χ4v) is 1.60. The fourth-order valence-electron chi connectivity index (χ4n) is 1.60. The van der Waals surface area contributed by atoms with E-state index < -0.39 is 0 Å². The zero-order valence-electron chi connectivity index (χ0n) is 9.14. The van der Waals surface area contributed by atoms with E-state index in [1.165, 1.54) is 13.2 Å². The first-order valence-electron chi connectivity index (χ1n) is 4.88. The molecule has 2 rings (SSSR count). The van der Waals surface area contributed by atoms with E-state index in [1.807, 2.05) is 31.2 Å². The second kappa shape index (κ2) is 3.81. The van der Waals surface area contributed by atoms with Crippen molar-refractivity contribution in [1.29, 1.82) is 0 Å². The Kier molecular flexibility index (Phi) is 2.48. The van der Waals surface area contributed by atoms with Crippen LogP contribution in [0.25, 0.3) is 11.1 Å². The van der Waals surface area contributed by atoms with Gasteiger partial charge < -0.3 is 15.1 Å². The molecule has 0 aliphatic carbocycles. The first-order valence-corrected chi connectivity index (χ1v) is 4.88. The van der Waals surface area contributed by atoms with Crippen LogP contribution in [-0.4, -0.2) is 22.1 Å². The highest BCUT2D eigenvalue weighted by Gasteiger charge is 2.15. The van der Waals surface area contributed by atoms with E-state index >= 15 is 0 Å². The second-order valence-corrected chi connectivity index (χ2v) is 3.58. The van der Waals surface area contributed by atoms with Gasteiger partial charge in [0.25, 0.3) is 0 Å². The minimum atomic E-state index is -0.129. The average molecular weight is 219 g/mol. The molecular formula is C12H13NO3. The Bertz CT molecular complexity index is 500. The molecule has 1 heterocycles. The lowest BCUT2D eigenvalue weighted by Crippen LogP contribution is -2.03. The van der Waals surface area contributed by atoms with Crippen LogP contribution in [0, 0.1) is 6.92 Å². The molecule has 0 fully saturated rings. The largest absolute Gasteiger partial charge is 0.492 e. The Labute approximate surface area is 93.3 Å². The number of aryl methyl sites for hydroxylation is 1. The monoisotopic (exact) mass is 219 g/mol. The molecule has 0 amide bonds. The van der Waals surface area contributed by atoms with Crippen LogP contribution in [0.4, 0.5) is 0 Å². The third kappa shape index (κ3) is 1.58. The van der Waals surface area contributed by atoms with E-state index in [9.17, 15) is 10.2 Å². The molecule has 0 aliphatic heterocycles. The summed E-state index contributed by atoms with van der Waals surface area (Å²) < 4.78 is 0.967. The normalized spacial score (nSPS) is 10.4. The number of rotatable bonds is 2. The van der Waals surface area contributed by atoms with Crippen LogP contribution in [0.15, 0.2) is 30.3 Å². The van der Waals surface area contributed by atoms with Crippen molar-refractivity contribution in [3.05, 3.63) is 35.9 Å². The van der Waals surface area contributed by atoms with E-state index in [2.05, 4.69) is 0 Å². The average Bonchev–Trinajstić information content (AvgIpc) is 2.55. The van der Waals surface area contributed by atoms with Gasteiger partial charge in [0, 0.05) is 6.07 Å². The van der Waals surface area contributed by atoms with Gasteiger partial charge in [-0.2, -0.15) is 0 Å². The molecule has 0 unspecified atom stereocenters. The molecule has 4 nitrogen and oxygen atoms in total. The van der Waals surface area contributed by atoms with Gasteiger partial charge in [-0.1, -0.05) is 29.8 Å². The molecule has 2 aromatic rings. The van der Waals surface area contributed by atoms with Crippen molar-refractivity contribution < 1.29 is 15.1 Å². The van der Waals surface area contributed by atoms with Gasteiger partial charge in [0.2, 0.25) is 11.8 Å². The van der Waals surface area contributed by atoms with Gasteiger partial charge in [0.1, 0.15) is 7.11 Å². The zero-order chi connectivity index (χ0) is 11.7. The van der Waals surface area contributed by atoms with Crippen molar-refractivity contribution in [3.63, 3.8) is 0 Å². The summed E-state index contributed by atoms with van der Waals surface area (Å²) in [5.74, 6) is -0.237. The summed E-state index contributed by atoms with van der Waals surface area (Å²) in [6.07, 6.45) is 0. The molecule has 0 aliphatic rings. The third-order valence-electron chi connectivity index (χ3n) is 2.46. The van der Waals surface area contributed by atoms with Gasteiger partial charge in [-0.05, 0) is 12.5 Å². The summed E-state index contributed by atoms with van der Waals surface area (Å²) in [5.41, 5.74) is 2.51. The van der Waals surface area contributed by atoms with Crippen LogP contribution in [-0.2, 0) is 0 Å². The lowest BCUT2D eigenvalue weighted by atomic mass is 10.1. The SMILES string of the molecule is COn1c(O)cc(-c2ccc(C)cc2)c1O. The summed E-state index contributed by atoms with van der Waals surface area (Å²) in [6, 6.07) is 9.10. The van der Waals surface area contributed by atoms with Crippen LogP contribution >= 0.6 is 0 Å². The molecule has 0 bridgehead atoms. The minimum Gasteiger partial charge on any atom is -0.492 e. The van der Waals surface area contributed by atoms with Gasteiger partial charge in [0.15, 0.2) is 0 Å². The molecular weight excluding hydrogens is 206 g/mol. The summed E-state index contributed by atoms with van der Waals surface area (Å²) in [4.78, 5) is 4.82. The Morgan fingerprint density at radius 3 is 2.25 bits per heavy atom. The predicted octanol–water partition coefficient (Wildman–Crippen LogP) is 1.93. The van der Waals surface area contributed by atoms with Crippen LogP contribution in [0.3, 0.4) is 0 Å². The maximum absolute atomic E-state index is 9.81. The van der Waals surface area contributed by atoms with E-state index in [0.717, 1.165) is 15.9 Å². The molecule has 2 N–H and O–H groups in total. The Hall–Kier alpha value is -2.10. The molecule has 4 heteroatoms. The molecule has 0 spiro atoms. The molecule has 0 atom stereocenters. The van der Waals surface area contributed by atoms with Gasteiger partial charge in [-0.3, -0.25) is 0 Å². The number of aromatic nitrogens is 1. The summed E-state index contributed by atoms with van der Waals surface area (Å²) >= 11 is 0. The minimum absolute atomic E-state index is 0.108. The summed E-state index contributed by atoms with van der Waals surface area (Å²) in [7, 11) is 1.37. The van der Waals surface area contributed by atoms with E-state index in [1.54, 1.807) is 0 Å². The molecule has 84 valence electrons. The van der Waals surface area contributed by atoms with Gasteiger partial charge in [-0.15, -0.1) is 4.73 Å². The smallest absolute Gasteiger partial charge is 0.237 e. The van der Waals surface area contributed by atoms with Crippen molar-refractivity contribution >= 4 is 0 Å². The Morgan fingerprint density at radius 1 is 1.12 bits per heavy atom. The maximum Gasteiger partial charge on any atom is 0.237 e. The zero-order valence-corrected chi connectivity index (χ0v) is 9.14. The lowest BCUT2D eigenvalue weighted by Gasteiger charge is -2.04. The molecule has 0 saturated carbocycles. The number of benzene rings is 1. The summed E-state index contributed by atoms with van der Waals surface area (Å²) in [6.45, 7) is 1.99. The summed E-state index contributed by atoms with van der Waals surface area (Å²) in [5, 5.41) is 19.3. The van der Waals surface area contributed by atoms with Crippen molar-refractivity contribution in [2.75, 3.05) is 7.11 Å². The Morgan fingerprint density at radius 2 is 1.75 bits per heavy atom. The number of hydrogen-bond donors (Lipinski definition) is 2. The van der Waals surface area contributed by atoms with Crippen molar-refractivity contribution in [3.8, 4) is 22.9 Å². The quantitative estimate of drug-likeness (QED) is 0.811. The topological polar surface area (TPSA) is 54.6 Å². The van der Waals surface area contributed by atoms with E-state index in [0.29, 0.717) is 5.56 Å². The number of aromatic hydroxyl groups is 2.